The van der Waals surface area contributed by atoms with Crippen LogP contribution in [-0.4, -0.2) is 41.1 Å². The smallest absolute Gasteiger partial charge is 0.158 e. The predicted octanol–water partition coefficient (Wildman–Crippen LogP) is 2.00. The lowest BCUT2D eigenvalue weighted by molar-refractivity contribution is -0.0342. The van der Waals surface area contributed by atoms with Crippen molar-refractivity contribution in [1.82, 2.24) is 14.9 Å². The molecule has 0 spiro atoms. The van der Waals surface area contributed by atoms with Gasteiger partial charge in [-0.2, -0.15) is 0 Å². The molecule has 1 aromatic heterocycles. The summed E-state index contributed by atoms with van der Waals surface area (Å²) in [7, 11) is 0. The van der Waals surface area contributed by atoms with Crippen LogP contribution in [0.2, 0.25) is 0 Å². The number of aromatic nitrogens is 2. The van der Waals surface area contributed by atoms with E-state index >= 15 is 0 Å². The Hall–Kier alpha value is -0.710. The van der Waals surface area contributed by atoms with Crippen molar-refractivity contribution in [3.63, 3.8) is 0 Å². The van der Waals surface area contributed by atoms with E-state index in [2.05, 4.69) is 21.8 Å². The van der Waals surface area contributed by atoms with Crippen LogP contribution in [-0.2, 0) is 10.6 Å². The first kappa shape index (κ1) is 12.7. The molecule has 1 aliphatic rings. The molecule has 1 fully saturated rings. The molecule has 0 amide bonds. The van der Waals surface area contributed by atoms with Crippen molar-refractivity contribution in [3.8, 4) is 0 Å². The summed E-state index contributed by atoms with van der Waals surface area (Å²) in [5.41, 5.74) is 0.941. The summed E-state index contributed by atoms with van der Waals surface area (Å²) < 4.78 is 5.71. The monoisotopic (exact) mass is 255 g/mol. The van der Waals surface area contributed by atoms with Gasteiger partial charge in [0, 0.05) is 31.0 Å². The minimum absolute atomic E-state index is 0.000300. The molecular weight excluding hydrogens is 238 g/mol. The number of alkyl halides is 1. The van der Waals surface area contributed by atoms with Gasteiger partial charge in [0.2, 0.25) is 0 Å². The summed E-state index contributed by atoms with van der Waals surface area (Å²) in [6.45, 7) is 5.94. The van der Waals surface area contributed by atoms with Crippen molar-refractivity contribution >= 4 is 11.6 Å². The van der Waals surface area contributed by atoms with Crippen molar-refractivity contribution < 1.29 is 4.74 Å². The number of halogens is 1. The van der Waals surface area contributed by atoms with E-state index in [1.807, 2.05) is 0 Å². The lowest BCUT2D eigenvalue weighted by Crippen LogP contribution is -2.39. The Morgan fingerprint density at radius 3 is 2.88 bits per heavy atom. The van der Waals surface area contributed by atoms with Crippen LogP contribution >= 0.6 is 11.6 Å². The Balaban J connectivity index is 2.00. The van der Waals surface area contributed by atoms with E-state index in [1.54, 1.807) is 12.4 Å². The molecule has 1 aromatic rings. The topological polar surface area (TPSA) is 38.2 Å². The molecular formula is C12H18ClN3O. The van der Waals surface area contributed by atoms with E-state index in [1.165, 1.54) is 6.42 Å². The molecule has 2 rings (SSSR count). The second-order valence-electron chi connectivity index (χ2n) is 4.24. The van der Waals surface area contributed by atoms with E-state index in [0.29, 0.717) is 5.88 Å². The van der Waals surface area contributed by atoms with Crippen LogP contribution in [0.15, 0.2) is 12.4 Å². The Morgan fingerprint density at radius 2 is 2.24 bits per heavy atom. The van der Waals surface area contributed by atoms with E-state index in [9.17, 15) is 0 Å². The number of hydrogen-bond acceptors (Lipinski definition) is 4. The molecule has 94 valence electrons. The minimum atomic E-state index is -0.000300. The van der Waals surface area contributed by atoms with E-state index in [-0.39, 0.29) is 6.10 Å². The summed E-state index contributed by atoms with van der Waals surface area (Å²) in [6, 6.07) is 0. The first-order valence-electron chi connectivity index (χ1n) is 6.04. The molecule has 0 aliphatic carbocycles. The van der Waals surface area contributed by atoms with Crippen molar-refractivity contribution in [2.24, 2.45) is 0 Å². The first-order valence-corrected chi connectivity index (χ1v) is 6.57. The average molecular weight is 256 g/mol. The highest BCUT2D eigenvalue weighted by atomic mass is 35.5. The molecule has 1 aliphatic heterocycles. The largest absolute Gasteiger partial charge is 0.368 e. The van der Waals surface area contributed by atoms with Gasteiger partial charge in [-0.25, -0.2) is 9.97 Å². The standard InChI is InChI=1S/C12H18ClN3O/c1-2-3-16-4-5-17-11(9-16)12-14-7-10(6-13)8-15-12/h7-8,11H,2-6,9H2,1H3. The molecule has 17 heavy (non-hydrogen) atoms. The van der Waals surface area contributed by atoms with Crippen LogP contribution in [0.4, 0.5) is 0 Å². The van der Waals surface area contributed by atoms with Gasteiger partial charge in [-0.15, -0.1) is 11.6 Å². The van der Waals surface area contributed by atoms with Gasteiger partial charge in [0.15, 0.2) is 5.82 Å². The van der Waals surface area contributed by atoms with Crippen LogP contribution < -0.4 is 0 Å². The highest BCUT2D eigenvalue weighted by Crippen LogP contribution is 2.19. The van der Waals surface area contributed by atoms with E-state index in [4.69, 9.17) is 16.3 Å². The number of rotatable bonds is 4. The van der Waals surface area contributed by atoms with Gasteiger partial charge < -0.3 is 4.74 Å². The molecule has 5 heteroatoms. The maximum atomic E-state index is 5.71. The van der Waals surface area contributed by atoms with Gasteiger partial charge in [-0.3, -0.25) is 4.90 Å². The Kier molecular flexibility index (Phi) is 4.71. The fourth-order valence-corrected chi connectivity index (χ4v) is 2.12. The fourth-order valence-electron chi connectivity index (χ4n) is 1.98. The van der Waals surface area contributed by atoms with E-state index in [0.717, 1.165) is 37.6 Å². The third-order valence-electron chi connectivity index (χ3n) is 2.86. The van der Waals surface area contributed by atoms with Crippen molar-refractivity contribution in [1.29, 1.82) is 0 Å². The lowest BCUT2D eigenvalue weighted by Gasteiger charge is -2.31. The molecule has 0 aromatic carbocycles. The molecule has 0 N–H and O–H groups in total. The van der Waals surface area contributed by atoms with Gasteiger partial charge in [-0.05, 0) is 13.0 Å². The zero-order valence-corrected chi connectivity index (χ0v) is 10.9. The molecule has 2 heterocycles. The summed E-state index contributed by atoms with van der Waals surface area (Å²) in [5.74, 6) is 1.22. The zero-order valence-electron chi connectivity index (χ0n) is 10.1. The highest BCUT2D eigenvalue weighted by Gasteiger charge is 2.23. The highest BCUT2D eigenvalue weighted by molar-refractivity contribution is 6.17. The fraction of sp³-hybridized carbons (Fsp3) is 0.667. The normalized spacial score (nSPS) is 21.6. The molecule has 0 radical (unpaired) electrons. The number of nitrogens with zero attached hydrogens (tertiary/aromatic N) is 3. The van der Waals surface area contributed by atoms with Gasteiger partial charge in [-0.1, -0.05) is 6.92 Å². The molecule has 1 unspecified atom stereocenters. The Labute approximate surface area is 107 Å². The minimum Gasteiger partial charge on any atom is -0.368 e. The summed E-state index contributed by atoms with van der Waals surface area (Å²) >= 11 is 5.71. The second kappa shape index (κ2) is 6.28. The maximum absolute atomic E-state index is 5.71. The first-order chi connectivity index (χ1) is 8.33. The molecule has 1 atom stereocenters. The SMILES string of the molecule is CCCN1CCOC(c2ncc(CCl)cn2)C1. The third-order valence-corrected chi connectivity index (χ3v) is 3.17. The quantitative estimate of drug-likeness (QED) is 0.772. The van der Waals surface area contributed by atoms with Gasteiger partial charge in [0.25, 0.3) is 0 Å². The number of morpholine rings is 1. The van der Waals surface area contributed by atoms with Crippen LogP contribution in [0.5, 0.6) is 0 Å². The lowest BCUT2D eigenvalue weighted by atomic mass is 10.2. The van der Waals surface area contributed by atoms with Crippen molar-refractivity contribution in [3.05, 3.63) is 23.8 Å². The van der Waals surface area contributed by atoms with Gasteiger partial charge in [0.05, 0.1) is 12.5 Å². The summed E-state index contributed by atoms with van der Waals surface area (Å²) in [5, 5.41) is 0. The Morgan fingerprint density at radius 1 is 1.47 bits per heavy atom. The predicted molar refractivity (Wildman–Crippen MR) is 67.0 cm³/mol. The van der Waals surface area contributed by atoms with Crippen LogP contribution in [0, 0.1) is 0 Å². The van der Waals surface area contributed by atoms with Crippen LogP contribution in [0.3, 0.4) is 0 Å². The Bertz CT molecular complexity index is 342. The summed E-state index contributed by atoms with van der Waals surface area (Å²) in [6.07, 6.45) is 4.72. The molecule has 1 saturated heterocycles. The maximum Gasteiger partial charge on any atom is 0.158 e. The van der Waals surface area contributed by atoms with Crippen LogP contribution in [0.25, 0.3) is 0 Å². The molecule has 0 saturated carbocycles. The second-order valence-corrected chi connectivity index (χ2v) is 4.51. The summed E-state index contributed by atoms with van der Waals surface area (Å²) in [4.78, 5) is 11.0. The molecule has 0 bridgehead atoms. The van der Waals surface area contributed by atoms with Gasteiger partial charge in [0.1, 0.15) is 6.10 Å². The van der Waals surface area contributed by atoms with Crippen molar-refractivity contribution in [2.75, 3.05) is 26.2 Å². The van der Waals surface area contributed by atoms with Crippen molar-refractivity contribution in [2.45, 2.75) is 25.3 Å². The number of ether oxygens (including phenoxy) is 1. The van der Waals surface area contributed by atoms with Gasteiger partial charge >= 0.3 is 0 Å². The van der Waals surface area contributed by atoms with Crippen LogP contribution in [0.1, 0.15) is 30.8 Å². The number of hydrogen-bond donors (Lipinski definition) is 0. The third kappa shape index (κ3) is 3.37. The zero-order chi connectivity index (χ0) is 12.1. The average Bonchev–Trinajstić information content (AvgIpc) is 2.40. The van der Waals surface area contributed by atoms with E-state index < -0.39 is 0 Å². The molecule has 4 nitrogen and oxygen atoms in total.